The highest BCUT2D eigenvalue weighted by atomic mass is 16.5. The van der Waals surface area contributed by atoms with Crippen LogP contribution in [-0.4, -0.2) is 41.3 Å². The van der Waals surface area contributed by atoms with Crippen LogP contribution in [0.15, 0.2) is 73.1 Å². The number of anilines is 3. The second-order valence-electron chi connectivity index (χ2n) is 6.93. The number of hydrogen-bond donors (Lipinski definition) is 1. The third kappa shape index (κ3) is 3.75. The van der Waals surface area contributed by atoms with E-state index in [0.29, 0.717) is 5.95 Å². The van der Waals surface area contributed by atoms with Crippen LogP contribution >= 0.6 is 0 Å². The van der Waals surface area contributed by atoms with Gasteiger partial charge in [-0.15, -0.1) is 0 Å². The van der Waals surface area contributed by atoms with Gasteiger partial charge in [-0.05, 0) is 30.3 Å². The number of morpholine rings is 1. The van der Waals surface area contributed by atoms with E-state index in [4.69, 9.17) is 9.72 Å². The number of nitrogens with one attached hydrogen (secondary N) is 1. The number of fused-ring (bicyclic) bond motifs is 1. The molecular weight excluding hydrogens is 362 g/mol. The third-order valence-electron chi connectivity index (χ3n) is 5.05. The van der Waals surface area contributed by atoms with E-state index in [1.807, 2.05) is 42.6 Å². The lowest BCUT2D eigenvalue weighted by Crippen LogP contribution is -2.36. The average Bonchev–Trinajstić information content (AvgIpc) is 2.80. The molecule has 5 rings (SSSR count). The fourth-order valence-electron chi connectivity index (χ4n) is 3.53. The van der Waals surface area contributed by atoms with Gasteiger partial charge >= 0.3 is 0 Å². The van der Waals surface area contributed by atoms with Crippen molar-refractivity contribution in [2.24, 2.45) is 0 Å². The topological polar surface area (TPSA) is 63.2 Å². The average molecular weight is 383 g/mol. The standard InChI is InChI=1S/C23H21N5O/c1-2-4-17(5-3-1)21-22-18(10-11-24-21)16-25-23(27-22)26-19-6-8-20(9-7-19)28-12-14-29-15-13-28/h1-11,16H,12-15H2,(H,25,26,27). The zero-order valence-electron chi connectivity index (χ0n) is 16.0. The smallest absolute Gasteiger partial charge is 0.227 e. The molecule has 1 aliphatic heterocycles. The molecule has 2 aromatic heterocycles. The molecule has 0 bridgehead atoms. The molecule has 144 valence electrons. The number of pyridine rings is 1. The highest BCUT2D eigenvalue weighted by Gasteiger charge is 2.12. The number of hydrogen-bond acceptors (Lipinski definition) is 6. The summed E-state index contributed by atoms with van der Waals surface area (Å²) >= 11 is 0. The van der Waals surface area contributed by atoms with Crippen molar-refractivity contribution >= 4 is 28.2 Å². The zero-order chi connectivity index (χ0) is 19.5. The van der Waals surface area contributed by atoms with Crippen LogP contribution in [0.25, 0.3) is 22.2 Å². The van der Waals surface area contributed by atoms with Crippen molar-refractivity contribution in [3.05, 3.63) is 73.1 Å². The Balaban J connectivity index is 1.42. The summed E-state index contributed by atoms with van der Waals surface area (Å²) in [4.78, 5) is 16.1. The molecule has 0 aliphatic carbocycles. The molecule has 3 heterocycles. The van der Waals surface area contributed by atoms with E-state index in [9.17, 15) is 0 Å². The van der Waals surface area contributed by atoms with Crippen molar-refractivity contribution in [2.75, 3.05) is 36.5 Å². The van der Waals surface area contributed by atoms with Crippen molar-refractivity contribution in [1.29, 1.82) is 0 Å². The van der Waals surface area contributed by atoms with Gasteiger partial charge in [-0.25, -0.2) is 9.97 Å². The van der Waals surface area contributed by atoms with E-state index in [1.54, 1.807) is 6.20 Å². The second-order valence-corrected chi connectivity index (χ2v) is 6.93. The molecule has 1 N–H and O–H groups in total. The molecule has 0 saturated carbocycles. The normalized spacial score (nSPS) is 14.1. The van der Waals surface area contributed by atoms with E-state index in [-0.39, 0.29) is 0 Å². The van der Waals surface area contributed by atoms with Crippen molar-refractivity contribution in [2.45, 2.75) is 0 Å². The molecule has 0 radical (unpaired) electrons. The van der Waals surface area contributed by atoms with Crippen LogP contribution in [0.4, 0.5) is 17.3 Å². The summed E-state index contributed by atoms with van der Waals surface area (Å²) < 4.78 is 5.42. The summed E-state index contributed by atoms with van der Waals surface area (Å²) in [5, 5.41) is 4.28. The summed E-state index contributed by atoms with van der Waals surface area (Å²) in [6.45, 7) is 3.41. The highest BCUT2D eigenvalue weighted by molar-refractivity contribution is 5.91. The largest absolute Gasteiger partial charge is 0.378 e. The Bertz CT molecular complexity index is 1110. The second kappa shape index (κ2) is 7.85. The Morgan fingerprint density at radius 3 is 2.45 bits per heavy atom. The molecular formula is C23H21N5O. The maximum absolute atomic E-state index is 5.42. The first-order valence-corrected chi connectivity index (χ1v) is 9.74. The molecule has 1 fully saturated rings. The van der Waals surface area contributed by atoms with Gasteiger partial charge in [-0.1, -0.05) is 30.3 Å². The minimum absolute atomic E-state index is 0.557. The van der Waals surface area contributed by atoms with Gasteiger partial charge < -0.3 is 15.0 Å². The van der Waals surface area contributed by atoms with Crippen LogP contribution in [0.5, 0.6) is 0 Å². The van der Waals surface area contributed by atoms with Crippen LogP contribution in [0, 0.1) is 0 Å². The van der Waals surface area contributed by atoms with Gasteiger partial charge in [0.2, 0.25) is 5.95 Å². The van der Waals surface area contributed by atoms with Gasteiger partial charge in [0.1, 0.15) is 5.52 Å². The van der Waals surface area contributed by atoms with E-state index in [2.05, 4.69) is 44.5 Å². The quantitative estimate of drug-likeness (QED) is 0.568. The molecule has 0 atom stereocenters. The Morgan fingerprint density at radius 1 is 0.862 bits per heavy atom. The Hall–Kier alpha value is -3.51. The molecule has 1 aliphatic rings. The first kappa shape index (κ1) is 17.6. The summed E-state index contributed by atoms with van der Waals surface area (Å²) in [7, 11) is 0. The monoisotopic (exact) mass is 383 g/mol. The minimum atomic E-state index is 0.557. The molecule has 0 amide bonds. The van der Waals surface area contributed by atoms with Gasteiger partial charge in [0, 0.05) is 47.8 Å². The minimum Gasteiger partial charge on any atom is -0.378 e. The summed E-state index contributed by atoms with van der Waals surface area (Å²) in [5.74, 6) is 0.557. The molecule has 29 heavy (non-hydrogen) atoms. The maximum atomic E-state index is 5.42. The van der Waals surface area contributed by atoms with Crippen molar-refractivity contribution < 1.29 is 4.74 Å². The van der Waals surface area contributed by atoms with Gasteiger partial charge in [0.15, 0.2) is 0 Å². The third-order valence-corrected chi connectivity index (χ3v) is 5.05. The van der Waals surface area contributed by atoms with E-state index >= 15 is 0 Å². The first-order valence-electron chi connectivity index (χ1n) is 9.74. The predicted molar refractivity (Wildman–Crippen MR) is 116 cm³/mol. The fourth-order valence-corrected chi connectivity index (χ4v) is 3.53. The van der Waals surface area contributed by atoms with Gasteiger partial charge in [-0.3, -0.25) is 4.98 Å². The van der Waals surface area contributed by atoms with Crippen LogP contribution in [-0.2, 0) is 4.74 Å². The number of aromatic nitrogens is 3. The summed E-state index contributed by atoms with van der Waals surface area (Å²) in [6, 6.07) is 20.4. The Kier molecular flexibility index (Phi) is 4.76. The lowest BCUT2D eigenvalue weighted by molar-refractivity contribution is 0.122. The molecule has 6 heteroatoms. The number of ether oxygens (including phenoxy) is 1. The van der Waals surface area contributed by atoms with Crippen molar-refractivity contribution in [3.8, 4) is 11.3 Å². The van der Waals surface area contributed by atoms with E-state index in [1.165, 1.54) is 5.69 Å². The lowest BCUT2D eigenvalue weighted by atomic mass is 10.1. The Labute approximate surface area is 169 Å². The first-order chi connectivity index (χ1) is 14.4. The lowest BCUT2D eigenvalue weighted by Gasteiger charge is -2.28. The number of nitrogens with zero attached hydrogens (tertiary/aromatic N) is 4. The van der Waals surface area contributed by atoms with E-state index < -0.39 is 0 Å². The number of benzene rings is 2. The van der Waals surface area contributed by atoms with Gasteiger partial charge in [0.05, 0.1) is 18.9 Å². The highest BCUT2D eigenvalue weighted by Crippen LogP contribution is 2.26. The molecule has 2 aromatic carbocycles. The van der Waals surface area contributed by atoms with Crippen LogP contribution in [0.2, 0.25) is 0 Å². The zero-order valence-corrected chi connectivity index (χ0v) is 16.0. The SMILES string of the molecule is c1ccc(-c2nccc3cnc(Nc4ccc(N5CCOCC5)cc4)nc23)cc1. The van der Waals surface area contributed by atoms with Crippen LogP contribution < -0.4 is 10.2 Å². The summed E-state index contributed by atoms with van der Waals surface area (Å²) in [6.07, 6.45) is 3.63. The fraction of sp³-hybridized carbons (Fsp3) is 0.174. The van der Waals surface area contributed by atoms with Crippen LogP contribution in [0.3, 0.4) is 0 Å². The summed E-state index contributed by atoms with van der Waals surface area (Å²) in [5.41, 5.74) is 4.88. The van der Waals surface area contributed by atoms with Crippen molar-refractivity contribution in [3.63, 3.8) is 0 Å². The molecule has 6 nitrogen and oxygen atoms in total. The molecule has 0 unspecified atom stereocenters. The van der Waals surface area contributed by atoms with Gasteiger partial charge in [0.25, 0.3) is 0 Å². The molecule has 4 aromatic rings. The molecule has 0 spiro atoms. The van der Waals surface area contributed by atoms with Crippen LogP contribution in [0.1, 0.15) is 0 Å². The van der Waals surface area contributed by atoms with Crippen molar-refractivity contribution in [1.82, 2.24) is 15.0 Å². The number of rotatable bonds is 4. The predicted octanol–water partition coefficient (Wildman–Crippen LogP) is 4.27. The van der Waals surface area contributed by atoms with Gasteiger partial charge in [-0.2, -0.15) is 0 Å². The van der Waals surface area contributed by atoms with E-state index in [0.717, 1.165) is 54.2 Å². The molecule has 1 saturated heterocycles. The Morgan fingerprint density at radius 2 is 1.66 bits per heavy atom. The maximum Gasteiger partial charge on any atom is 0.227 e.